The molecule has 2 rings (SSSR count). The minimum absolute atomic E-state index is 0.101. The average molecular weight is 249 g/mol. The van der Waals surface area contributed by atoms with E-state index < -0.39 is 0 Å². The fraction of sp³-hybridized carbons (Fsp3) is 0.500. The molecule has 0 aliphatic carbocycles. The molecule has 0 saturated heterocycles. The molecule has 1 aromatic rings. The van der Waals surface area contributed by atoms with Gasteiger partial charge in [0.05, 0.1) is 6.04 Å². The van der Waals surface area contributed by atoms with Crippen molar-refractivity contribution < 1.29 is 14.3 Å². The van der Waals surface area contributed by atoms with Crippen LogP contribution in [0, 0.1) is 5.92 Å². The van der Waals surface area contributed by atoms with Crippen LogP contribution in [0.15, 0.2) is 18.2 Å². The smallest absolute Gasteiger partial charge is 0.231 e. The van der Waals surface area contributed by atoms with Crippen molar-refractivity contribution >= 4 is 5.78 Å². The Kier molecular flexibility index (Phi) is 3.87. The van der Waals surface area contributed by atoms with E-state index in [1.165, 1.54) is 0 Å². The van der Waals surface area contributed by atoms with E-state index in [0.29, 0.717) is 23.0 Å². The second kappa shape index (κ2) is 5.40. The Hall–Kier alpha value is -1.55. The van der Waals surface area contributed by atoms with Gasteiger partial charge in [0.1, 0.15) is 0 Å². The zero-order valence-electron chi connectivity index (χ0n) is 11.0. The van der Waals surface area contributed by atoms with Crippen LogP contribution in [-0.4, -0.2) is 25.7 Å². The molecule has 0 radical (unpaired) electrons. The number of carbonyl (C=O) groups excluding carboxylic acids is 1. The van der Waals surface area contributed by atoms with Gasteiger partial charge in [-0.3, -0.25) is 4.79 Å². The van der Waals surface area contributed by atoms with E-state index in [0.717, 1.165) is 6.42 Å². The number of hydrogen-bond donors (Lipinski definition) is 1. The molecule has 1 heterocycles. The van der Waals surface area contributed by atoms with Crippen molar-refractivity contribution in [3.8, 4) is 11.5 Å². The monoisotopic (exact) mass is 249 g/mol. The summed E-state index contributed by atoms with van der Waals surface area (Å²) in [6.07, 6.45) is 0.823. The van der Waals surface area contributed by atoms with Crippen molar-refractivity contribution in [2.45, 2.75) is 26.3 Å². The summed E-state index contributed by atoms with van der Waals surface area (Å²) in [4.78, 5) is 12.4. The standard InChI is InChI=1S/C14H19NO3/c1-9(2)6-11(15-3)14(16)10-4-5-12-13(7-10)18-8-17-12/h4-5,7,9,11,15H,6,8H2,1-3H3. The maximum atomic E-state index is 12.4. The molecule has 1 atom stereocenters. The van der Waals surface area contributed by atoms with Gasteiger partial charge in [0, 0.05) is 5.56 Å². The Morgan fingerprint density at radius 3 is 2.72 bits per heavy atom. The van der Waals surface area contributed by atoms with Crippen LogP contribution in [0.4, 0.5) is 0 Å². The number of hydrogen-bond acceptors (Lipinski definition) is 4. The summed E-state index contributed by atoms with van der Waals surface area (Å²) in [5, 5.41) is 3.08. The van der Waals surface area contributed by atoms with Crippen molar-refractivity contribution in [1.29, 1.82) is 0 Å². The Labute approximate surface area is 107 Å². The summed E-state index contributed by atoms with van der Waals surface area (Å²) in [5.41, 5.74) is 0.666. The normalized spacial score (nSPS) is 14.9. The van der Waals surface area contributed by atoms with Crippen LogP contribution in [0.25, 0.3) is 0 Å². The first kappa shape index (κ1) is 12.9. The van der Waals surface area contributed by atoms with Gasteiger partial charge < -0.3 is 14.8 Å². The molecule has 0 aromatic heterocycles. The molecule has 0 amide bonds. The number of ketones is 1. The van der Waals surface area contributed by atoms with Gasteiger partial charge in [-0.1, -0.05) is 13.8 Å². The summed E-state index contributed by atoms with van der Waals surface area (Å²) >= 11 is 0. The van der Waals surface area contributed by atoms with Gasteiger partial charge in [0.2, 0.25) is 6.79 Å². The topological polar surface area (TPSA) is 47.6 Å². The van der Waals surface area contributed by atoms with E-state index in [1.54, 1.807) is 18.2 Å². The Morgan fingerprint density at radius 2 is 2.06 bits per heavy atom. The van der Waals surface area contributed by atoms with Gasteiger partial charge >= 0.3 is 0 Å². The van der Waals surface area contributed by atoms with Crippen LogP contribution >= 0.6 is 0 Å². The van der Waals surface area contributed by atoms with Gasteiger partial charge in [-0.15, -0.1) is 0 Å². The molecule has 1 unspecified atom stereocenters. The number of fused-ring (bicyclic) bond motifs is 1. The van der Waals surface area contributed by atoms with Gasteiger partial charge in [-0.2, -0.15) is 0 Å². The zero-order chi connectivity index (χ0) is 13.1. The zero-order valence-corrected chi connectivity index (χ0v) is 11.0. The number of Topliss-reactive ketones (excluding diaryl/α,β-unsaturated/α-hetero) is 1. The van der Waals surface area contributed by atoms with Crippen LogP contribution in [0.5, 0.6) is 11.5 Å². The molecule has 4 heteroatoms. The summed E-state index contributed by atoms with van der Waals surface area (Å²) in [6, 6.07) is 5.19. The number of nitrogens with one attached hydrogen (secondary N) is 1. The predicted octanol–water partition coefficient (Wildman–Crippen LogP) is 2.23. The van der Waals surface area contributed by atoms with Crippen LogP contribution < -0.4 is 14.8 Å². The number of likely N-dealkylation sites (N-methyl/N-ethyl adjacent to an activating group) is 1. The Bertz CT molecular complexity index is 443. The molecule has 18 heavy (non-hydrogen) atoms. The maximum absolute atomic E-state index is 12.4. The summed E-state index contributed by atoms with van der Waals surface area (Å²) < 4.78 is 10.5. The van der Waals surface area contributed by atoms with Crippen LogP contribution in [0.3, 0.4) is 0 Å². The van der Waals surface area contributed by atoms with Crippen molar-refractivity contribution in [3.05, 3.63) is 23.8 Å². The number of rotatable bonds is 5. The third kappa shape index (κ3) is 2.64. The van der Waals surface area contributed by atoms with Gasteiger partial charge in [-0.25, -0.2) is 0 Å². The molecule has 4 nitrogen and oxygen atoms in total. The summed E-state index contributed by atoms with van der Waals surface area (Å²) in [5.74, 6) is 1.93. The van der Waals surface area contributed by atoms with Gasteiger partial charge in [0.25, 0.3) is 0 Å². The fourth-order valence-corrected chi connectivity index (χ4v) is 2.08. The molecule has 0 saturated carbocycles. The van der Waals surface area contributed by atoms with Crippen molar-refractivity contribution in [1.82, 2.24) is 5.32 Å². The molecule has 1 N–H and O–H groups in total. The minimum atomic E-state index is -0.148. The highest BCUT2D eigenvalue weighted by atomic mass is 16.7. The van der Waals surface area contributed by atoms with E-state index in [1.807, 2.05) is 7.05 Å². The molecule has 1 aliphatic heterocycles. The molecule has 98 valence electrons. The summed E-state index contributed by atoms with van der Waals surface area (Å²) in [7, 11) is 1.82. The molecular formula is C14H19NO3. The maximum Gasteiger partial charge on any atom is 0.231 e. The van der Waals surface area contributed by atoms with Gasteiger partial charge in [0.15, 0.2) is 17.3 Å². The number of benzene rings is 1. The number of ether oxygens (including phenoxy) is 2. The van der Waals surface area contributed by atoms with E-state index in [4.69, 9.17) is 9.47 Å². The quantitative estimate of drug-likeness (QED) is 0.813. The highest BCUT2D eigenvalue weighted by molar-refractivity contribution is 6.00. The lowest BCUT2D eigenvalue weighted by Gasteiger charge is -2.17. The first-order chi connectivity index (χ1) is 8.61. The molecule has 0 bridgehead atoms. The second-order valence-corrected chi connectivity index (χ2v) is 4.90. The lowest BCUT2D eigenvalue weighted by atomic mass is 9.96. The van der Waals surface area contributed by atoms with Crippen LogP contribution in [0.2, 0.25) is 0 Å². The first-order valence-corrected chi connectivity index (χ1v) is 6.23. The van der Waals surface area contributed by atoms with Gasteiger partial charge in [-0.05, 0) is 37.6 Å². The largest absolute Gasteiger partial charge is 0.454 e. The van der Waals surface area contributed by atoms with Crippen LogP contribution in [0.1, 0.15) is 30.6 Å². The van der Waals surface area contributed by atoms with Crippen molar-refractivity contribution in [2.24, 2.45) is 5.92 Å². The average Bonchev–Trinajstić information content (AvgIpc) is 2.81. The Balaban J connectivity index is 2.17. The Morgan fingerprint density at radius 1 is 1.33 bits per heavy atom. The third-order valence-electron chi connectivity index (χ3n) is 3.03. The molecule has 0 spiro atoms. The lowest BCUT2D eigenvalue weighted by Crippen LogP contribution is -2.35. The van der Waals surface area contributed by atoms with Crippen LogP contribution in [-0.2, 0) is 0 Å². The molecule has 0 fully saturated rings. The second-order valence-electron chi connectivity index (χ2n) is 4.90. The third-order valence-corrected chi connectivity index (χ3v) is 3.03. The highest BCUT2D eigenvalue weighted by Crippen LogP contribution is 2.32. The molecular weight excluding hydrogens is 230 g/mol. The van der Waals surface area contributed by atoms with E-state index in [-0.39, 0.29) is 18.6 Å². The summed E-state index contributed by atoms with van der Waals surface area (Å²) in [6.45, 7) is 4.45. The van der Waals surface area contributed by atoms with Crippen molar-refractivity contribution in [3.63, 3.8) is 0 Å². The van der Waals surface area contributed by atoms with Crippen molar-refractivity contribution in [2.75, 3.05) is 13.8 Å². The predicted molar refractivity (Wildman–Crippen MR) is 69.2 cm³/mol. The molecule has 1 aromatic carbocycles. The van der Waals surface area contributed by atoms with E-state index in [9.17, 15) is 4.79 Å². The van der Waals surface area contributed by atoms with E-state index >= 15 is 0 Å². The fourth-order valence-electron chi connectivity index (χ4n) is 2.08. The molecule has 1 aliphatic rings. The number of carbonyl (C=O) groups is 1. The van der Waals surface area contributed by atoms with E-state index in [2.05, 4.69) is 19.2 Å². The highest BCUT2D eigenvalue weighted by Gasteiger charge is 2.22. The lowest BCUT2D eigenvalue weighted by molar-refractivity contribution is 0.0934. The minimum Gasteiger partial charge on any atom is -0.454 e. The SMILES string of the molecule is CNC(CC(C)C)C(=O)c1ccc2c(c1)OCO2. The first-order valence-electron chi connectivity index (χ1n) is 6.23.